The summed E-state index contributed by atoms with van der Waals surface area (Å²) >= 11 is 0. The molecule has 0 saturated carbocycles. The summed E-state index contributed by atoms with van der Waals surface area (Å²) in [4.78, 5) is 10.1. The highest BCUT2D eigenvalue weighted by Crippen LogP contribution is 2.47. The molecule has 278 valence electrons. The van der Waals surface area contributed by atoms with E-state index in [0.29, 0.717) is 33.9 Å². The molecule has 0 spiro atoms. The van der Waals surface area contributed by atoms with Crippen LogP contribution < -0.4 is 0 Å². The predicted octanol–water partition coefficient (Wildman–Crippen LogP) is 13.1. The zero-order valence-electron chi connectivity index (χ0n) is 32.2. The largest absolute Gasteiger partial charge is 0.309 e. The number of aromatic nitrogens is 4. The van der Waals surface area contributed by atoms with Crippen LogP contribution in [0.3, 0.4) is 0 Å². The Kier molecular flexibility index (Phi) is 8.15. The molecule has 0 N–H and O–H groups in total. The van der Waals surface area contributed by atoms with Gasteiger partial charge in [-0.2, -0.15) is 10.5 Å². The van der Waals surface area contributed by atoms with Crippen molar-refractivity contribution in [2.45, 2.75) is 0 Å². The molecule has 8 aromatic carbocycles. The molecule has 11 aromatic rings. The van der Waals surface area contributed by atoms with Crippen molar-refractivity contribution in [3.05, 3.63) is 205 Å². The number of nitriles is 2. The van der Waals surface area contributed by atoms with Gasteiger partial charge < -0.3 is 9.13 Å². The van der Waals surface area contributed by atoms with Gasteiger partial charge >= 0.3 is 0 Å². The zero-order chi connectivity index (χ0) is 40.2. The lowest BCUT2D eigenvalue weighted by Crippen LogP contribution is -2.01. The third kappa shape index (κ3) is 5.40. The molecule has 60 heavy (non-hydrogen) atoms. The van der Waals surface area contributed by atoms with Crippen molar-refractivity contribution in [2.24, 2.45) is 0 Å². The van der Waals surface area contributed by atoms with Gasteiger partial charge in [0, 0.05) is 60.7 Å². The molecule has 0 bridgehead atoms. The fourth-order valence-electron chi connectivity index (χ4n) is 8.82. The van der Waals surface area contributed by atoms with Crippen LogP contribution in [-0.2, 0) is 0 Å². The Hall–Kier alpha value is -8.58. The quantitative estimate of drug-likeness (QED) is 0.169. The first-order valence-corrected chi connectivity index (χ1v) is 19.8. The third-order valence-corrected chi connectivity index (χ3v) is 11.4. The Balaban J connectivity index is 1.23. The lowest BCUT2D eigenvalue weighted by molar-refractivity contribution is 1.17. The molecule has 0 amide bonds. The van der Waals surface area contributed by atoms with Crippen molar-refractivity contribution >= 4 is 43.6 Å². The van der Waals surface area contributed by atoms with E-state index < -0.39 is 0 Å². The number of hydrogen-bond donors (Lipinski definition) is 0. The van der Waals surface area contributed by atoms with Gasteiger partial charge in [-0.1, -0.05) is 146 Å². The number of rotatable bonds is 6. The second-order valence-corrected chi connectivity index (χ2v) is 14.8. The van der Waals surface area contributed by atoms with E-state index in [1.165, 1.54) is 0 Å². The van der Waals surface area contributed by atoms with Gasteiger partial charge in [0.2, 0.25) is 0 Å². The minimum Gasteiger partial charge on any atom is -0.309 e. The Labute approximate surface area is 345 Å². The Morgan fingerprint density at radius 2 is 0.900 bits per heavy atom. The van der Waals surface area contributed by atoms with Gasteiger partial charge in [-0.3, -0.25) is 0 Å². The van der Waals surface area contributed by atoms with Gasteiger partial charge in [0.05, 0.1) is 45.1 Å². The molecule has 0 fully saturated rings. The molecule has 0 aliphatic rings. The van der Waals surface area contributed by atoms with Crippen molar-refractivity contribution in [2.75, 3.05) is 0 Å². The van der Waals surface area contributed by atoms with Gasteiger partial charge in [-0.25, -0.2) is 9.97 Å². The van der Waals surface area contributed by atoms with E-state index >= 15 is 0 Å². The highest BCUT2D eigenvalue weighted by molar-refractivity contribution is 6.29. The summed E-state index contributed by atoms with van der Waals surface area (Å²) in [5.41, 5.74) is 12.4. The van der Waals surface area contributed by atoms with Crippen LogP contribution in [0.4, 0.5) is 0 Å². The maximum atomic E-state index is 11.1. The number of nitrogens with zero attached hydrogens (tertiary/aromatic N) is 6. The van der Waals surface area contributed by atoms with E-state index in [1.54, 1.807) is 0 Å². The van der Waals surface area contributed by atoms with Crippen LogP contribution in [-0.4, -0.2) is 19.1 Å². The third-order valence-electron chi connectivity index (χ3n) is 11.4. The van der Waals surface area contributed by atoms with E-state index in [4.69, 9.17) is 9.97 Å². The molecule has 0 saturated heterocycles. The second-order valence-electron chi connectivity index (χ2n) is 14.8. The standard InChI is InChI=1S/C54H32N6/c55-33-38-31-37(54-57-50(35-17-5-1-6-18-35)46(34-56)51(58-54)36-19-7-2-8-20-36)29-30-41(38)44-32-45-42-25-13-15-27-47(42)59(39-21-9-3-10-22-39)53(45)49-43-26-14-16-28-48(43)60(52(44)49)40-23-11-4-12-24-40/h1-32H. The summed E-state index contributed by atoms with van der Waals surface area (Å²) in [7, 11) is 0. The lowest BCUT2D eigenvalue weighted by atomic mass is 9.93. The molecule has 3 heterocycles. The number of benzene rings is 8. The first-order valence-electron chi connectivity index (χ1n) is 19.8. The van der Waals surface area contributed by atoms with Crippen molar-refractivity contribution in [3.8, 4) is 68.5 Å². The topological polar surface area (TPSA) is 83.2 Å². The highest BCUT2D eigenvalue weighted by Gasteiger charge is 2.26. The molecule has 0 atom stereocenters. The van der Waals surface area contributed by atoms with E-state index in [-0.39, 0.29) is 0 Å². The Bertz CT molecular complexity index is 3480. The van der Waals surface area contributed by atoms with Gasteiger partial charge in [-0.15, -0.1) is 0 Å². The molecular formula is C54H32N6. The zero-order valence-corrected chi connectivity index (χ0v) is 32.2. The van der Waals surface area contributed by atoms with Crippen LogP contribution in [0.25, 0.3) is 100 Å². The monoisotopic (exact) mass is 764 g/mol. The minimum absolute atomic E-state index is 0.396. The van der Waals surface area contributed by atoms with Crippen LogP contribution in [0, 0.1) is 22.7 Å². The smallest absolute Gasteiger partial charge is 0.160 e. The number of para-hydroxylation sites is 4. The molecule has 0 unspecified atom stereocenters. The van der Waals surface area contributed by atoms with Gasteiger partial charge in [-0.05, 0) is 48.5 Å². The average Bonchev–Trinajstić information content (AvgIpc) is 3.85. The number of hydrogen-bond acceptors (Lipinski definition) is 4. The molecule has 0 aliphatic heterocycles. The van der Waals surface area contributed by atoms with E-state index in [1.807, 2.05) is 91.0 Å². The summed E-state index contributed by atoms with van der Waals surface area (Å²) in [6.45, 7) is 0. The minimum atomic E-state index is 0.396. The summed E-state index contributed by atoms with van der Waals surface area (Å²) in [6.07, 6.45) is 0. The molecule has 0 radical (unpaired) electrons. The molecule has 0 aliphatic carbocycles. The van der Waals surface area contributed by atoms with Crippen molar-refractivity contribution < 1.29 is 0 Å². The van der Waals surface area contributed by atoms with E-state index in [2.05, 4.69) is 124 Å². The molecular weight excluding hydrogens is 733 g/mol. The van der Waals surface area contributed by atoms with Crippen LogP contribution in [0.1, 0.15) is 11.1 Å². The molecule has 3 aromatic heterocycles. The van der Waals surface area contributed by atoms with Crippen molar-refractivity contribution in [3.63, 3.8) is 0 Å². The van der Waals surface area contributed by atoms with Crippen LogP contribution in [0.15, 0.2) is 194 Å². The predicted molar refractivity (Wildman–Crippen MR) is 242 cm³/mol. The summed E-state index contributed by atoms with van der Waals surface area (Å²) in [5, 5.41) is 26.0. The fraction of sp³-hybridized carbons (Fsp3) is 0. The Morgan fingerprint density at radius 1 is 0.400 bits per heavy atom. The maximum Gasteiger partial charge on any atom is 0.160 e. The van der Waals surface area contributed by atoms with Crippen molar-refractivity contribution in [1.82, 2.24) is 19.1 Å². The molecule has 6 heteroatoms. The average molecular weight is 765 g/mol. The van der Waals surface area contributed by atoms with Gasteiger partial charge in [0.25, 0.3) is 0 Å². The van der Waals surface area contributed by atoms with Crippen LogP contribution in [0.5, 0.6) is 0 Å². The van der Waals surface area contributed by atoms with Crippen LogP contribution in [0.2, 0.25) is 0 Å². The summed E-state index contributed by atoms with van der Waals surface area (Å²) in [6, 6.07) is 70.7. The highest BCUT2D eigenvalue weighted by atomic mass is 15.0. The normalized spacial score (nSPS) is 11.3. The lowest BCUT2D eigenvalue weighted by Gasteiger charge is -2.16. The van der Waals surface area contributed by atoms with Gasteiger partial charge in [0.1, 0.15) is 11.6 Å². The first-order chi connectivity index (χ1) is 29.7. The van der Waals surface area contributed by atoms with Crippen molar-refractivity contribution in [1.29, 1.82) is 10.5 Å². The SMILES string of the molecule is N#Cc1cc(-c2nc(-c3ccccc3)c(C#N)c(-c3ccccc3)n2)ccc1-c1cc2c3ccccc3n(-c3ccccc3)c2c2c3ccccc3n(-c3ccccc3)c12. The van der Waals surface area contributed by atoms with Crippen LogP contribution >= 0.6 is 0 Å². The molecule has 11 rings (SSSR count). The summed E-state index contributed by atoms with van der Waals surface area (Å²) < 4.78 is 4.72. The molecule has 6 nitrogen and oxygen atoms in total. The summed E-state index contributed by atoms with van der Waals surface area (Å²) in [5.74, 6) is 0.430. The Morgan fingerprint density at radius 3 is 1.47 bits per heavy atom. The van der Waals surface area contributed by atoms with Gasteiger partial charge in [0.15, 0.2) is 5.82 Å². The van der Waals surface area contributed by atoms with E-state index in [0.717, 1.165) is 77.2 Å². The van der Waals surface area contributed by atoms with E-state index in [9.17, 15) is 10.5 Å². The number of fused-ring (bicyclic) bond motifs is 7. The second kappa shape index (κ2) is 14.1. The fourth-order valence-corrected chi connectivity index (χ4v) is 8.82. The first kappa shape index (κ1) is 34.7. The maximum absolute atomic E-state index is 11.1.